The average molecular weight is 132 g/mol. The standard InChI is InChI=1S/C6H13OP/c1-3-6(8)4-5(2)7/h6H,3-4,8H2,1-2H3. The molecule has 1 nitrogen and oxygen atoms in total. The van der Waals surface area contributed by atoms with Crippen LogP contribution in [0.15, 0.2) is 0 Å². The number of carbonyl (C=O) groups is 1. The zero-order valence-corrected chi connectivity index (χ0v) is 6.63. The quantitative estimate of drug-likeness (QED) is 0.533. The van der Waals surface area contributed by atoms with Gasteiger partial charge in [-0.25, -0.2) is 0 Å². The van der Waals surface area contributed by atoms with Crippen LogP contribution in [0.5, 0.6) is 0 Å². The van der Waals surface area contributed by atoms with Crippen molar-refractivity contribution in [3.63, 3.8) is 0 Å². The van der Waals surface area contributed by atoms with Crippen molar-refractivity contribution < 1.29 is 4.79 Å². The highest BCUT2D eigenvalue weighted by molar-refractivity contribution is 7.17. The van der Waals surface area contributed by atoms with Gasteiger partial charge in [0.2, 0.25) is 0 Å². The van der Waals surface area contributed by atoms with Crippen molar-refractivity contribution in [2.75, 3.05) is 0 Å². The van der Waals surface area contributed by atoms with Crippen molar-refractivity contribution in [3.8, 4) is 0 Å². The molecule has 0 aromatic carbocycles. The summed E-state index contributed by atoms with van der Waals surface area (Å²) in [6, 6.07) is 0. The molecule has 2 atom stereocenters. The van der Waals surface area contributed by atoms with Crippen molar-refractivity contribution in [2.24, 2.45) is 0 Å². The molecule has 0 aromatic rings. The second-order valence-corrected chi connectivity index (χ2v) is 3.02. The Bertz CT molecular complexity index is 80.6. The van der Waals surface area contributed by atoms with E-state index in [2.05, 4.69) is 16.2 Å². The van der Waals surface area contributed by atoms with Gasteiger partial charge in [0.05, 0.1) is 0 Å². The Morgan fingerprint density at radius 1 is 1.75 bits per heavy atom. The number of Topliss-reactive ketones (excluding diaryl/α,β-unsaturated/α-hetero) is 1. The van der Waals surface area contributed by atoms with E-state index >= 15 is 0 Å². The predicted molar refractivity (Wildman–Crippen MR) is 39.1 cm³/mol. The highest BCUT2D eigenvalue weighted by atomic mass is 31.0. The second kappa shape index (κ2) is 4.03. The molecule has 2 heteroatoms. The molecule has 0 fully saturated rings. The Balaban J connectivity index is 3.24. The maximum Gasteiger partial charge on any atom is 0.130 e. The molecule has 0 aliphatic carbocycles. The Labute approximate surface area is 53.1 Å². The topological polar surface area (TPSA) is 17.1 Å². The predicted octanol–water partition coefficient (Wildman–Crippen LogP) is 1.62. The van der Waals surface area contributed by atoms with Crippen LogP contribution in [0.4, 0.5) is 0 Å². The summed E-state index contributed by atoms with van der Waals surface area (Å²) in [6.07, 6.45) is 1.78. The highest BCUT2D eigenvalue weighted by Crippen LogP contribution is 2.08. The third-order valence-electron chi connectivity index (χ3n) is 1.07. The zero-order valence-electron chi connectivity index (χ0n) is 5.48. The minimum atomic E-state index is 0.284. The summed E-state index contributed by atoms with van der Waals surface area (Å²) in [5, 5.41) is 0. The van der Waals surface area contributed by atoms with Crippen molar-refractivity contribution in [2.45, 2.75) is 32.3 Å². The van der Waals surface area contributed by atoms with Crippen LogP contribution in [0.1, 0.15) is 26.7 Å². The van der Waals surface area contributed by atoms with Crippen LogP contribution in [0.3, 0.4) is 0 Å². The summed E-state index contributed by atoms with van der Waals surface area (Å²) in [6.45, 7) is 3.72. The van der Waals surface area contributed by atoms with Gasteiger partial charge in [-0.3, -0.25) is 0 Å². The minimum Gasteiger partial charge on any atom is -0.300 e. The molecule has 0 amide bonds. The van der Waals surface area contributed by atoms with Crippen LogP contribution >= 0.6 is 9.24 Å². The number of ketones is 1. The summed E-state index contributed by atoms with van der Waals surface area (Å²) >= 11 is 0. The Hall–Kier alpha value is 0.100. The molecule has 0 aliphatic rings. The van der Waals surface area contributed by atoms with Crippen LogP contribution in [-0.2, 0) is 4.79 Å². The molecule has 2 unspecified atom stereocenters. The first kappa shape index (κ1) is 8.10. The van der Waals surface area contributed by atoms with Crippen LogP contribution in [-0.4, -0.2) is 11.4 Å². The lowest BCUT2D eigenvalue weighted by Gasteiger charge is -2.01. The van der Waals surface area contributed by atoms with E-state index in [0.717, 1.165) is 6.42 Å². The normalized spacial score (nSPS) is 13.4. The fraction of sp³-hybridized carbons (Fsp3) is 0.833. The van der Waals surface area contributed by atoms with Crippen LogP contribution in [0.2, 0.25) is 0 Å². The fourth-order valence-electron chi connectivity index (χ4n) is 0.514. The van der Waals surface area contributed by atoms with Gasteiger partial charge in [0.25, 0.3) is 0 Å². The number of hydrogen-bond acceptors (Lipinski definition) is 1. The van der Waals surface area contributed by atoms with Gasteiger partial charge >= 0.3 is 0 Å². The lowest BCUT2D eigenvalue weighted by molar-refractivity contribution is -0.117. The first-order chi connectivity index (χ1) is 3.66. The van der Waals surface area contributed by atoms with E-state index in [4.69, 9.17) is 0 Å². The van der Waals surface area contributed by atoms with Gasteiger partial charge in [-0.2, -0.15) is 0 Å². The maximum absolute atomic E-state index is 10.4. The van der Waals surface area contributed by atoms with Gasteiger partial charge in [-0.05, 0) is 19.0 Å². The van der Waals surface area contributed by atoms with Crippen LogP contribution < -0.4 is 0 Å². The zero-order chi connectivity index (χ0) is 6.57. The molecular formula is C6H13OP. The molecule has 0 saturated carbocycles. The molecule has 8 heavy (non-hydrogen) atoms. The second-order valence-electron chi connectivity index (χ2n) is 2.07. The Morgan fingerprint density at radius 2 is 2.25 bits per heavy atom. The fourth-order valence-corrected chi connectivity index (χ4v) is 0.845. The third kappa shape index (κ3) is 4.26. The molecule has 0 aromatic heterocycles. The molecule has 0 saturated heterocycles. The largest absolute Gasteiger partial charge is 0.300 e. The van der Waals surface area contributed by atoms with Gasteiger partial charge in [0.1, 0.15) is 5.78 Å². The third-order valence-corrected chi connectivity index (χ3v) is 1.78. The van der Waals surface area contributed by atoms with E-state index in [1.54, 1.807) is 6.92 Å². The van der Waals surface area contributed by atoms with Gasteiger partial charge in [-0.1, -0.05) is 6.92 Å². The maximum atomic E-state index is 10.4. The van der Waals surface area contributed by atoms with Crippen molar-refractivity contribution >= 4 is 15.0 Å². The Morgan fingerprint density at radius 3 is 2.38 bits per heavy atom. The summed E-state index contributed by atoms with van der Waals surface area (Å²) in [5.74, 6) is 0.284. The van der Waals surface area contributed by atoms with Gasteiger partial charge in [0.15, 0.2) is 0 Å². The first-order valence-electron chi connectivity index (χ1n) is 2.91. The van der Waals surface area contributed by atoms with E-state index in [0.29, 0.717) is 12.1 Å². The van der Waals surface area contributed by atoms with Gasteiger partial charge in [0, 0.05) is 6.42 Å². The van der Waals surface area contributed by atoms with E-state index in [1.165, 1.54) is 0 Å². The highest BCUT2D eigenvalue weighted by Gasteiger charge is 2.00. The molecule has 0 spiro atoms. The Kier molecular flexibility index (Phi) is 4.08. The SMILES string of the molecule is CCC(P)CC(C)=O. The first-order valence-corrected chi connectivity index (χ1v) is 3.58. The summed E-state index contributed by atoms with van der Waals surface area (Å²) < 4.78 is 0. The summed E-state index contributed by atoms with van der Waals surface area (Å²) in [4.78, 5) is 10.4. The monoisotopic (exact) mass is 132 g/mol. The summed E-state index contributed by atoms with van der Waals surface area (Å²) in [5.41, 5.74) is 0.493. The summed E-state index contributed by atoms with van der Waals surface area (Å²) in [7, 11) is 2.66. The molecule has 0 bridgehead atoms. The van der Waals surface area contributed by atoms with E-state index < -0.39 is 0 Å². The molecule has 0 N–H and O–H groups in total. The average Bonchev–Trinajstić information content (AvgIpc) is 1.65. The number of rotatable bonds is 3. The van der Waals surface area contributed by atoms with E-state index in [1.807, 2.05) is 0 Å². The molecule has 0 heterocycles. The lowest BCUT2D eigenvalue weighted by Crippen LogP contribution is -2.01. The minimum absolute atomic E-state index is 0.284. The van der Waals surface area contributed by atoms with Crippen molar-refractivity contribution in [3.05, 3.63) is 0 Å². The molecule has 0 rings (SSSR count). The van der Waals surface area contributed by atoms with E-state index in [9.17, 15) is 4.79 Å². The smallest absolute Gasteiger partial charge is 0.130 e. The van der Waals surface area contributed by atoms with Crippen LogP contribution in [0.25, 0.3) is 0 Å². The van der Waals surface area contributed by atoms with Gasteiger partial charge < -0.3 is 4.79 Å². The van der Waals surface area contributed by atoms with Crippen LogP contribution in [0, 0.1) is 0 Å². The van der Waals surface area contributed by atoms with E-state index in [-0.39, 0.29) is 5.78 Å². The van der Waals surface area contributed by atoms with Gasteiger partial charge in [-0.15, -0.1) is 9.24 Å². The molecule has 0 aliphatic heterocycles. The lowest BCUT2D eigenvalue weighted by atomic mass is 10.2. The number of hydrogen-bond donors (Lipinski definition) is 0. The van der Waals surface area contributed by atoms with Crippen molar-refractivity contribution in [1.29, 1.82) is 0 Å². The number of carbonyl (C=O) groups excluding carboxylic acids is 1. The molecule has 0 radical (unpaired) electrons. The molecular weight excluding hydrogens is 119 g/mol. The molecule has 48 valence electrons. The van der Waals surface area contributed by atoms with Crippen molar-refractivity contribution in [1.82, 2.24) is 0 Å².